The fourth-order valence-corrected chi connectivity index (χ4v) is 2.56. The van der Waals surface area contributed by atoms with Gasteiger partial charge < -0.3 is 14.8 Å². The number of anilines is 1. The van der Waals surface area contributed by atoms with Gasteiger partial charge in [-0.05, 0) is 47.1 Å². The maximum Gasteiger partial charge on any atom is 0.271 e. The molecule has 2 N–H and O–H groups in total. The van der Waals surface area contributed by atoms with E-state index in [1.807, 2.05) is 18.2 Å². The monoisotopic (exact) mass is 433 g/mol. The molecule has 142 valence electrons. The highest BCUT2D eigenvalue weighted by atomic mass is 79.9. The van der Waals surface area contributed by atoms with Crippen molar-refractivity contribution in [3.8, 4) is 11.5 Å². The fraction of sp³-hybridized carbons (Fsp3) is 0.211. The van der Waals surface area contributed by atoms with Gasteiger partial charge in [-0.15, -0.1) is 0 Å². The summed E-state index contributed by atoms with van der Waals surface area (Å²) < 4.78 is 11.1. The Morgan fingerprint density at radius 1 is 1.07 bits per heavy atom. The van der Waals surface area contributed by atoms with Crippen LogP contribution in [0.1, 0.15) is 23.7 Å². The molecule has 7 nitrogen and oxygen atoms in total. The van der Waals surface area contributed by atoms with E-state index in [0.717, 1.165) is 4.47 Å². The summed E-state index contributed by atoms with van der Waals surface area (Å²) in [6.07, 6.45) is 0.0447. The van der Waals surface area contributed by atoms with E-state index < -0.39 is 5.91 Å². The molecule has 8 heteroatoms. The maximum atomic E-state index is 12.3. The number of hydrogen-bond donors (Lipinski definition) is 2. The van der Waals surface area contributed by atoms with Gasteiger partial charge in [-0.3, -0.25) is 9.59 Å². The van der Waals surface area contributed by atoms with Gasteiger partial charge in [0.15, 0.2) is 0 Å². The normalized spacial score (nSPS) is 10.9. The number of amides is 2. The smallest absolute Gasteiger partial charge is 0.271 e. The number of para-hydroxylation sites is 1. The average Bonchev–Trinajstić information content (AvgIpc) is 2.67. The molecule has 2 aromatic carbocycles. The van der Waals surface area contributed by atoms with Crippen molar-refractivity contribution in [2.45, 2.75) is 13.3 Å². The molecule has 0 aliphatic carbocycles. The van der Waals surface area contributed by atoms with Crippen LogP contribution in [0.4, 0.5) is 5.69 Å². The Morgan fingerprint density at radius 3 is 2.30 bits per heavy atom. The molecule has 0 fully saturated rings. The topological polar surface area (TPSA) is 89.0 Å². The number of halogens is 1. The molecule has 0 atom stereocenters. The third kappa shape index (κ3) is 6.10. The summed E-state index contributed by atoms with van der Waals surface area (Å²) in [5.74, 6) is 0.319. The summed E-state index contributed by atoms with van der Waals surface area (Å²) in [6.45, 7) is 1.66. The highest BCUT2D eigenvalue weighted by Crippen LogP contribution is 2.22. The first-order chi connectivity index (χ1) is 12.9. The molecule has 0 spiro atoms. The molecule has 0 radical (unpaired) electrons. The minimum absolute atomic E-state index is 0.0447. The molecule has 0 saturated carbocycles. The zero-order valence-corrected chi connectivity index (χ0v) is 16.8. The molecule has 2 rings (SSSR count). The Morgan fingerprint density at radius 2 is 1.70 bits per heavy atom. The molecule has 0 unspecified atom stereocenters. The van der Waals surface area contributed by atoms with Gasteiger partial charge in [0.05, 0.1) is 26.3 Å². The Bertz CT molecular complexity index is 846. The average molecular weight is 434 g/mol. The molecule has 2 aromatic rings. The van der Waals surface area contributed by atoms with E-state index in [-0.39, 0.29) is 12.3 Å². The highest BCUT2D eigenvalue weighted by molar-refractivity contribution is 9.10. The first-order valence-electron chi connectivity index (χ1n) is 8.04. The molecule has 2 amide bonds. The summed E-state index contributed by atoms with van der Waals surface area (Å²) in [6, 6.07) is 12.1. The highest BCUT2D eigenvalue weighted by Gasteiger charge is 2.11. The predicted octanol–water partition coefficient (Wildman–Crippen LogP) is 3.60. The van der Waals surface area contributed by atoms with Crippen LogP contribution < -0.4 is 20.2 Å². The molecule has 0 bridgehead atoms. The Hall–Kier alpha value is -2.87. The van der Waals surface area contributed by atoms with Crippen LogP contribution in [0.25, 0.3) is 0 Å². The zero-order chi connectivity index (χ0) is 19.8. The molecule has 0 saturated heterocycles. The summed E-state index contributed by atoms with van der Waals surface area (Å²) in [5.41, 5.74) is 3.89. The van der Waals surface area contributed by atoms with E-state index in [9.17, 15) is 9.59 Å². The van der Waals surface area contributed by atoms with Gasteiger partial charge in [-0.25, -0.2) is 5.43 Å². The lowest BCUT2D eigenvalue weighted by Crippen LogP contribution is -2.21. The van der Waals surface area contributed by atoms with Crippen molar-refractivity contribution in [1.29, 1.82) is 0 Å². The minimum Gasteiger partial charge on any atom is -0.497 e. The summed E-state index contributed by atoms with van der Waals surface area (Å²) in [5, 5.41) is 6.76. The molecule has 27 heavy (non-hydrogen) atoms. The first-order valence-corrected chi connectivity index (χ1v) is 8.83. The number of methoxy groups -OCH3 is 2. The van der Waals surface area contributed by atoms with Gasteiger partial charge >= 0.3 is 0 Å². The van der Waals surface area contributed by atoms with Gasteiger partial charge in [0.25, 0.3) is 5.91 Å². The van der Waals surface area contributed by atoms with E-state index in [1.54, 1.807) is 31.2 Å². The van der Waals surface area contributed by atoms with E-state index >= 15 is 0 Å². The van der Waals surface area contributed by atoms with Crippen molar-refractivity contribution in [1.82, 2.24) is 5.43 Å². The number of ether oxygens (including phenoxy) is 2. The molecule has 0 heterocycles. The lowest BCUT2D eigenvalue weighted by Gasteiger charge is -2.08. The van der Waals surface area contributed by atoms with Gasteiger partial charge in [0.1, 0.15) is 11.5 Å². The van der Waals surface area contributed by atoms with Gasteiger partial charge in [0, 0.05) is 21.8 Å². The van der Waals surface area contributed by atoms with Crippen molar-refractivity contribution in [3.05, 3.63) is 52.5 Å². The molecular formula is C19H20BrN3O4. The Labute approximate surface area is 165 Å². The Kier molecular flexibility index (Phi) is 7.36. The van der Waals surface area contributed by atoms with Crippen molar-refractivity contribution in [2.24, 2.45) is 5.10 Å². The van der Waals surface area contributed by atoms with Crippen LogP contribution in [0.15, 0.2) is 52.0 Å². The van der Waals surface area contributed by atoms with Crippen molar-refractivity contribution in [2.75, 3.05) is 19.5 Å². The van der Waals surface area contributed by atoms with Crippen LogP contribution in [0.3, 0.4) is 0 Å². The van der Waals surface area contributed by atoms with Gasteiger partial charge in [0.2, 0.25) is 5.91 Å². The fourth-order valence-electron chi connectivity index (χ4n) is 2.18. The van der Waals surface area contributed by atoms with Crippen molar-refractivity contribution >= 4 is 39.1 Å². The zero-order valence-electron chi connectivity index (χ0n) is 15.2. The van der Waals surface area contributed by atoms with Crippen molar-refractivity contribution in [3.63, 3.8) is 0 Å². The number of carbonyl (C=O) groups excluding carboxylic acids is 2. The van der Waals surface area contributed by atoms with E-state index in [4.69, 9.17) is 9.47 Å². The van der Waals surface area contributed by atoms with Crippen LogP contribution in [0.2, 0.25) is 0 Å². The lowest BCUT2D eigenvalue weighted by atomic mass is 10.2. The number of rotatable bonds is 7. The summed E-state index contributed by atoms with van der Waals surface area (Å²) in [4.78, 5) is 24.4. The number of carbonyl (C=O) groups is 2. The van der Waals surface area contributed by atoms with Gasteiger partial charge in [-0.1, -0.05) is 12.1 Å². The number of hydrazone groups is 1. The second-order valence-electron chi connectivity index (χ2n) is 5.59. The van der Waals surface area contributed by atoms with E-state index in [0.29, 0.717) is 28.5 Å². The quantitative estimate of drug-likeness (QED) is 0.515. The second-order valence-corrected chi connectivity index (χ2v) is 6.45. The molecule has 0 aliphatic heterocycles. The number of nitrogens with one attached hydrogen (secondary N) is 2. The standard InChI is InChI=1S/C19H20BrN3O4/c1-12(8-18(24)21-17-7-5-4-6-16(17)20)22-23-19(25)13-9-14(26-2)11-15(10-13)27-3/h4-7,9-11H,8H2,1-3H3,(H,21,24)(H,23,25)/b22-12+. The van der Waals surface area contributed by atoms with Crippen LogP contribution in [0, 0.1) is 0 Å². The number of hydrogen-bond acceptors (Lipinski definition) is 5. The lowest BCUT2D eigenvalue weighted by molar-refractivity contribution is -0.115. The van der Waals surface area contributed by atoms with Crippen LogP contribution in [0.5, 0.6) is 11.5 Å². The third-order valence-electron chi connectivity index (χ3n) is 3.53. The number of nitrogens with zero attached hydrogens (tertiary/aromatic N) is 1. The minimum atomic E-state index is -0.433. The molecule has 0 aliphatic rings. The largest absolute Gasteiger partial charge is 0.497 e. The van der Waals surface area contributed by atoms with Gasteiger partial charge in [-0.2, -0.15) is 5.10 Å². The SMILES string of the molecule is COc1cc(OC)cc(C(=O)N/N=C(\C)CC(=O)Nc2ccccc2Br)c1. The second kappa shape index (κ2) is 9.72. The van der Waals surface area contributed by atoms with E-state index in [2.05, 4.69) is 31.8 Å². The third-order valence-corrected chi connectivity index (χ3v) is 4.22. The first kappa shape index (κ1) is 20.4. The van der Waals surface area contributed by atoms with E-state index in [1.165, 1.54) is 14.2 Å². The van der Waals surface area contributed by atoms with Crippen LogP contribution in [-0.2, 0) is 4.79 Å². The molecular weight excluding hydrogens is 414 g/mol. The Balaban J connectivity index is 1.97. The van der Waals surface area contributed by atoms with Crippen molar-refractivity contribution < 1.29 is 19.1 Å². The van der Waals surface area contributed by atoms with Crippen LogP contribution >= 0.6 is 15.9 Å². The number of benzene rings is 2. The predicted molar refractivity (Wildman–Crippen MR) is 108 cm³/mol. The summed E-state index contributed by atoms with van der Waals surface area (Å²) >= 11 is 3.37. The van der Waals surface area contributed by atoms with Crippen LogP contribution in [-0.4, -0.2) is 31.7 Å². The maximum absolute atomic E-state index is 12.3. The summed E-state index contributed by atoms with van der Waals surface area (Å²) in [7, 11) is 3.00. The molecule has 0 aromatic heterocycles.